The molecule has 4 nitrogen and oxygen atoms in total. The van der Waals surface area contributed by atoms with Crippen molar-refractivity contribution in [2.75, 3.05) is 24.5 Å². The van der Waals surface area contributed by atoms with E-state index >= 15 is 0 Å². The van der Waals surface area contributed by atoms with Gasteiger partial charge in [0.15, 0.2) is 5.13 Å². The highest BCUT2D eigenvalue weighted by atomic mass is 32.1. The third-order valence-corrected chi connectivity index (χ3v) is 5.74. The molecule has 5 heteroatoms. The Balaban J connectivity index is 1.23. The van der Waals surface area contributed by atoms with Gasteiger partial charge in [-0.25, -0.2) is 4.98 Å². The van der Waals surface area contributed by atoms with Gasteiger partial charge in [-0.2, -0.15) is 0 Å². The van der Waals surface area contributed by atoms with Crippen molar-refractivity contribution >= 4 is 16.5 Å². The Labute approximate surface area is 141 Å². The number of rotatable bonds is 4. The minimum atomic E-state index is 0.284. The monoisotopic (exact) mass is 329 g/mol. The molecule has 0 unspecified atom stereocenters. The van der Waals surface area contributed by atoms with Crippen molar-refractivity contribution in [2.45, 2.75) is 38.3 Å². The van der Waals surface area contributed by atoms with E-state index in [-0.39, 0.29) is 6.10 Å². The maximum atomic E-state index is 6.01. The first-order valence-corrected chi connectivity index (χ1v) is 9.31. The zero-order valence-electron chi connectivity index (χ0n) is 13.5. The minimum Gasteiger partial charge on any atom is -0.488 e. The van der Waals surface area contributed by atoms with Crippen molar-refractivity contribution in [3.63, 3.8) is 0 Å². The fourth-order valence-corrected chi connectivity index (χ4v) is 4.28. The van der Waals surface area contributed by atoms with E-state index in [0.717, 1.165) is 37.5 Å². The second-order valence-corrected chi connectivity index (χ2v) is 7.33. The molecule has 0 bridgehead atoms. The van der Waals surface area contributed by atoms with E-state index in [4.69, 9.17) is 4.74 Å². The van der Waals surface area contributed by atoms with Gasteiger partial charge >= 0.3 is 0 Å². The summed E-state index contributed by atoms with van der Waals surface area (Å²) in [5.41, 5.74) is 2.47. The van der Waals surface area contributed by atoms with Crippen LogP contribution in [0.3, 0.4) is 0 Å². The molecular formula is C18H23N3OS. The molecule has 1 aromatic heterocycles. The molecule has 1 atom stereocenters. The van der Waals surface area contributed by atoms with Crippen LogP contribution in [0.15, 0.2) is 29.6 Å². The summed E-state index contributed by atoms with van der Waals surface area (Å²) < 4.78 is 6.01. The van der Waals surface area contributed by atoms with Crippen LogP contribution in [0.25, 0.3) is 0 Å². The molecule has 23 heavy (non-hydrogen) atoms. The van der Waals surface area contributed by atoms with Crippen LogP contribution in [-0.4, -0.2) is 36.8 Å². The van der Waals surface area contributed by atoms with Gasteiger partial charge in [-0.05, 0) is 31.4 Å². The number of nitrogens with zero attached hydrogens (tertiary/aromatic N) is 2. The topological polar surface area (TPSA) is 37.4 Å². The van der Waals surface area contributed by atoms with Gasteiger partial charge in [0.2, 0.25) is 0 Å². The fourth-order valence-electron chi connectivity index (χ4n) is 3.43. The summed E-state index contributed by atoms with van der Waals surface area (Å²) in [7, 11) is 0. The van der Waals surface area contributed by atoms with Gasteiger partial charge < -0.3 is 15.0 Å². The number of hydrogen-bond acceptors (Lipinski definition) is 5. The summed E-state index contributed by atoms with van der Waals surface area (Å²) in [5, 5.41) is 7.02. The van der Waals surface area contributed by atoms with E-state index in [2.05, 4.69) is 45.7 Å². The molecule has 0 spiro atoms. The number of hydrogen-bond donors (Lipinski definition) is 1. The molecule has 0 saturated carbocycles. The largest absolute Gasteiger partial charge is 0.488 e. The minimum absolute atomic E-state index is 0.284. The molecule has 2 aliphatic heterocycles. The first kappa shape index (κ1) is 15.0. The summed E-state index contributed by atoms with van der Waals surface area (Å²) in [4.78, 5) is 7.01. The smallest absolute Gasteiger partial charge is 0.185 e. The highest BCUT2D eigenvalue weighted by Gasteiger charge is 2.25. The van der Waals surface area contributed by atoms with Crippen molar-refractivity contribution in [2.24, 2.45) is 0 Å². The molecule has 0 aliphatic carbocycles. The van der Waals surface area contributed by atoms with Crippen LogP contribution < -0.4 is 15.0 Å². The maximum Gasteiger partial charge on any atom is 0.185 e. The van der Waals surface area contributed by atoms with Crippen LogP contribution >= 0.6 is 11.3 Å². The van der Waals surface area contributed by atoms with Gasteiger partial charge in [0.1, 0.15) is 11.9 Å². The Morgan fingerprint density at radius 3 is 2.87 bits per heavy atom. The quantitative estimate of drug-likeness (QED) is 0.936. The zero-order valence-corrected chi connectivity index (χ0v) is 14.3. The summed E-state index contributed by atoms with van der Waals surface area (Å²) in [5.74, 6) is 1.06. The Morgan fingerprint density at radius 2 is 2.13 bits per heavy atom. The van der Waals surface area contributed by atoms with Gasteiger partial charge in [0.25, 0.3) is 0 Å². The molecule has 1 saturated heterocycles. The number of aryl methyl sites for hydroxylation is 1. The Kier molecular flexibility index (Phi) is 4.23. The van der Waals surface area contributed by atoms with Gasteiger partial charge in [0.05, 0.1) is 5.69 Å². The lowest BCUT2D eigenvalue weighted by Gasteiger charge is -2.32. The van der Waals surface area contributed by atoms with Crippen LogP contribution in [0.5, 0.6) is 5.75 Å². The number of thiazole rings is 1. The summed E-state index contributed by atoms with van der Waals surface area (Å²) >= 11 is 1.76. The first-order chi connectivity index (χ1) is 11.3. The normalized spacial score (nSPS) is 21.3. The summed E-state index contributed by atoms with van der Waals surface area (Å²) in [6, 6.07) is 8.98. The first-order valence-electron chi connectivity index (χ1n) is 8.43. The van der Waals surface area contributed by atoms with Crippen molar-refractivity contribution in [1.29, 1.82) is 0 Å². The highest BCUT2D eigenvalue weighted by Crippen LogP contribution is 2.28. The third-order valence-electron chi connectivity index (χ3n) is 4.72. The van der Waals surface area contributed by atoms with E-state index < -0.39 is 0 Å². The number of nitrogens with one attached hydrogen (secondary N) is 1. The number of aromatic nitrogens is 1. The number of fused-ring (bicyclic) bond motifs is 1. The number of benzene rings is 1. The number of ether oxygens (including phenoxy) is 1. The predicted octanol–water partition coefficient (Wildman–Crippen LogP) is 3.01. The third kappa shape index (κ3) is 3.35. The van der Waals surface area contributed by atoms with E-state index in [1.807, 2.05) is 6.07 Å². The Hall–Kier alpha value is -1.59. The van der Waals surface area contributed by atoms with Crippen LogP contribution in [0.4, 0.5) is 5.13 Å². The molecule has 2 aromatic rings. The molecule has 1 fully saturated rings. The SMILES string of the molecule is Cc1csc(N2CCC(NC[C@H]3Cc4ccccc4O3)CC2)n1. The van der Waals surface area contributed by atoms with E-state index in [0.29, 0.717) is 6.04 Å². The van der Waals surface area contributed by atoms with E-state index in [1.54, 1.807) is 11.3 Å². The average molecular weight is 329 g/mol. The standard InChI is InChI=1S/C18H23N3OS/c1-13-12-23-18(20-13)21-8-6-15(7-9-21)19-11-16-10-14-4-2-3-5-17(14)22-16/h2-5,12,15-16,19H,6-11H2,1H3/t16-/m1/s1. The Morgan fingerprint density at radius 1 is 1.30 bits per heavy atom. The van der Waals surface area contributed by atoms with Crippen LogP contribution in [-0.2, 0) is 6.42 Å². The molecular weight excluding hydrogens is 306 g/mol. The zero-order chi connectivity index (χ0) is 15.6. The molecule has 4 rings (SSSR count). The van der Waals surface area contributed by atoms with Crippen molar-refractivity contribution < 1.29 is 4.74 Å². The second-order valence-electron chi connectivity index (χ2n) is 6.49. The predicted molar refractivity (Wildman–Crippen MR) is 94.7 cm³/mol. The van der Waals surface area contributed by atoms with Gasteiger partial charge in [-0.1, -0.05) is 18.2 Å². The average Bonchev–Trinajstić information content (AvgIpc) is 3.19. The number of para-hydroxylation sites is 1. The summed E-state index contributed by atoms with van der Waals surface area (Å²) in [6.45, 7) is 5.19. The van der Waals surface area contributed by atoms with Crippen LogP contribution in [0, 0.1) is 6.92 Å². The van der Waals surface area contributed by atoms with Crippen LogP contribution in [0.1, 0.15) is 24.1 Å². The lowest BCUT2D eigenvalue weighted by Crippen LogP contribution is -2.45. The molecule has 3 heterocycles. The number of piperidine rings is 1. The van der Waals surface area contributed by atoms with Gasteiger partial charge in [-0.3, -0.25) is 0 Å². The molecule has 1 aromatic carbocycles. The molecule has 0 radical (unpaired) electrons. The maximum absolute atomic E-state index is 6.01. The van der Waals surface area contributed by atoms with Crippen LogP contribution in [0.2, 0.25) is 0 Å². The molecule has 1 N–H and O–H groups in total. The highest BCUT2D eigenvalue weighted by molar-refractivity contribution is 7.13. The van der Waals surface area contributed by atoms with Gasteiger partial charge in [0, 0.05) is 37.5 Å². The fraction of sp³-hybridized carbons (Fsp3) is 0.500. The second kappa shape index (κ2) is 6.49. The lowest BCUT2D eigenvalue weighted by atomic mass is 10.0. The summed E-state index contributed by atoms with van der Waals surface area (Å²) in [6.07, 6.45) is 3.67. The molecule has 2 aliphatic rings. The van der Waals surface area contributed by atoms with Gasteiger partial charge in [-0.15, -0.1) is 11.3 Å². The van der Waals surface area contributed by atoms with Crippen molar-refractivity contribution in [1.82, 2.24) is 10.3 Å². The lowest BCUT2D eigenvalue weighted by molar-refractivity contribution is 0.217. The molecule has 0 amide bonds. The van der Waals surface area contributed by atoms with Crippen molar-refractivity contribution in [3.05, 3.63) is 40.9 Å². The Bertz CT molecular complexity index is 639. The van der Waals surface area contributed by atoms with E-state index in [1.165, 1.54) is 23.5 Å². The van der Waals surface area contributed by atoms with E-state index in [9.17, 15) is 0 Å². The van der Waals surface area contributed by atoms with Crippen molar-refractivity contribution in [3.8, 4) is 5.75 Å². The number of anilines is 1. The molecule has 122 valence electrons.